The van der Waals surface area contributed by atoms with Gasteiger partial charge in [-0.25, -0.2) is 4.68 Å². The Kier molecular flexibility index (Phi) is 5.16. The summed E-state index contributed by atoms with van der Waals surface area (Å²) in [6.45, 7) is 0.230. The first-order chi connectivity index (χ1) is 10.8. The van der Waals surface area contributed by atoms with E-state index in [1.54, 1.807) is 12.3 Å². The van der Waals surface area contributed by atoms with Crippen LogP contribution in [-0.2, 0) is 17.9 Å². The van der Waals surface area contributed by atoms with Gasteiger partial charge in [0.2, 0.25) is 0 Å². The number of halogens is 3. The van der Waals surface area contributed by atoms with Crippen LogP contribution in [0.2, 0.25) is 0 Å². The average molecular weight is 330 g/mol. The lowest BCUT2D eigenvalue weighted by molar-refractivity contribution is -0.274. The zero-order valence-corrected chi connectivity index (χ0v) is 11.7. The number of hydrogen-bond donors (Lipinski definition) is 2. The average Bonchev–Trinajstić information content (AvgIpc) is 2.84. The molecule has 2 rings (SSSR count). The second-order valence-electron chi connectivity index (χ2n) is 4.60. The first-order valence-electron chi connectivity index (χ1n) is 6.48. The predicted octanol–water partition coefficient (Wildman–Crippen LogP) is 1.40. The second-order valence-corrected chi connectivity index (χ2v) is 4.60. The van der Waals surface area contributed by atoms with Crippen LogP contribution in [0.25, 0.3) is 0 Å². The van der Waals surface area contributed by atoms with Crippen LogP contribution < -0.4 is 10.1 Å². The maximum absolute atomic E-state index is 12.2. The van der Waals surface area contributed by atoms with Crippen molar-refractivity contribution in [2.45, 2.75) is 19.5 Å². The summed E-state index contributed by atoms with van der Waals surface area (Å²) in [4.78, 5) is 10.4. The van der Waals surface area contributed by atoms with Crippen molar-refractivity contribution >= 4 is 5.97 Å². The zero-order chi connectivity index (χ0) is 16.9. The molecule has 0 fully saturated rings. The standard InChI is InChI=1S/C13H13F3N4O3/c14-13(15,16)23-11-3-1-2-9(4-11)7-20-8-10(18-19-20)5-17-6-12(21)22/h1-4,8,17H,5-7H2,(H,21,22). The van der Waals surface area contributed by atoms with E-state index >= 15 is 0 Å². The topological polar surface area (TPSA) is 89.3 Å². The van der Waals surface area contributed by atoms with Gasteiger partial charge in [-0.15, -0.1) is 18.3 Å². The van der Waals surface area contributed by atoms with Crippen LogP contribution in [0, 0.1) is 0 Å². The first-order valence-corrected chi connectivity index (χ1v) is 6.48. The van der Waals surface area contributed by atoms with Crippen LogP contribution in [0.3, 0.4) is 0 Å². The van der Waals surface area contributed by atoms with Gasteiger partial charge in [0.15, 0.2) is 0 Å². The van der Waals surface area contributed by atoms with E-state index in [0.29, 0.717) is 11.3 Å². The number of hydrogen-bond acceptors (Lipinski definition) is 5. The van der Waals surface area contributed by atoms with Crippen LogP contribution in [0.4, 0.5) is 13.2 Å². The minimum atomic E-state index is -4.74. The smallest absolute Gasteiger partial charge is 0.480 e. The highest BCUT2D eigenvalue weighted by atomic mass is 19.4. The molecule has 124 valence electrons. The Labute approximate surface area is 128 Å². The van der Waals surface area contributed by atoms with E-state index in [9.17, 15) is 18.0 Å². The molecule has 2 N–H and O–H groups in total. The van der Waals surface area contributed by atoms with E-state index in [1.165, 1.54) is 22.9 Å². The Bertz CT molecular complexity index is 672. The number of carboxylic acids is 1. The molecule has 10 heteroatoms. The van der Waals surface area contributed by atoms with E-state index in [4.69, 9.17) is 5.11 Å². The second kappa shape index (κ2) is 7.09. The van der Waals surface area contributed by atoms with Crippen LogP contribution in [0.1, 0.15) is 11.3 Å². The molecule has 0 aliphatic rings. The van der Waals surface area contributed by atoms with Crippen molar-refractivity contribution in [2.24, 2.45) is 0 Å². The summed E-state index contributed by atoms with van der Waals surface area (Å²) >= 11 is 0. The number of carboxylic acid groups (broad SMARTS) is 1. The largest absolute Gasteiger partial charge is 0.573 e. The number of nitrogens with one attached hydrogen (secondary N) is 1. The number of aliphatic carboxylic acids is 1. The number of nitrogens with zero attached hydrogens (tertiary/aromatic N) is 3. The van der Waals surface area contributed by atoms with Gasteiger partial charge >= 0.3 is 12.3 Å². The van der Waals surface area contributed by atoms with Gasteiger partial charge in [0, 0.05) is 6.54 Å². The van der Waals surface area contributed by atoms with E-state index in [0.717, 1.165) is 0 Å². The maximum atomic E-state index is 12.2. The molecule has 0 aliphatic carbocycles. The quantitative estimate of drug-likeness (QED) is 0.798. The molecule has 0 saturated carbocycles. The van der Waals surface area contributed by atoms with Gasteiger partial charge in [-0.05, 0) is 17.7 Å². The first kappa shape index (κ1) is 16.7. The fourth-order valence-corrected chi connectivity index (χ4v) is 1.82. The maximum Gasteiger partial charge on any atom is 0.573 e. The van der Waals surface area contributed by atoms with Gasteiger partial charge < -0.3 is 15.2 Å². The van der Waals surface area contributed by atoms with Gasteiger partial charge in [-0.3, -0.25) is 4.79 Å². The van der Waals surface area contributed by atoms with Gasteiger partial charge in [-0.1, -0.05) is 17.3 Å². The molecule has 0 spiro atoms. The molecule has 0 atom stereocenters. The highest BCUT2D eigenvalue weighted by molar-refractivity contribution is 5.68. The summed E-state index contributed by atoms with van der Waals surface area (Å²) in [6.07, 6.45) is -3.17. The van der Waals surface area contributed by atoms with Crippen molar-refractivity contribution in [3.63, 3.8) is 0 Å². The van der Waals surface area contributed by atoms with Crippen molar-refractivity contribution in [1.29, 1.82) is 0 Å². The molecular weight excluding hydrogens is 317 g/mol. The minimum absolute atomic E-state index is 0.205. The molecule has 0 saturated heterocycles. The Morgan fingerprint density at radius 2 is 2.17 bits per heavy atom. The Morgan fingerprint density at radius 3 is 2.87 bits per heavy atom. The number of benzene rings is 1. The van der Waals surface area contributed by atoms with E-state index in [2.05, 4.69) is 20.4 Å². The lowest BCUT2D eigenvalue weighted by Gasteiger charge is -2.09. The predicted molar refractivity (Wildman–Crippen MR) is 71.6 cm³/mol. The lowest BCUT2D eigenvalue weighted by Crippen LogP contribution is -2.22. The molecule has 0 radical (unpaired) electrons. The Hall–Kier alpha value is -2.62. The lowest BCUT2D eigenvalue weighted by atomic mass is 10.2. The van der Waals surface area contributed by atoms with E-state index in [-0.39, 0.29) is 25.4 Å². The van der Waals surface area contributed by atoms with Crippen LogP contribution >= 0.6 is 0 Å². The molecule has 7 nitrogen and oxygen atoms in total. The van der Waals surface area contributed by atoms with Gasteiger partial charge in [-0.2, -0.15) is 0 Å². The summed E-state index contributed by atoms with van der Waals surface area (Å²) in [7, 11) is 0. The molecule has 1 aromatic carbocycles. The number of alkyl halides is 3. The van der Waals surface area contributed by atoms with Gasteiger partial charge in [0.1, 0.15) is 5.75 Å². The van der Waals surface area contributed by atoms with Gasteiger partial charge in [0.25, 0.3) is 0 Å². The van der Waals surface area contributed by atoms with Crippen molar-refractivity contribution in [1.82, 2.24) is 20.3 Å². The normalized spacial score (nSPS) is 11.4. The third-order valence-electron chi connectivity index (χ3n) is 2.65. The minimum Gasteiger partial charge on any atom is -0.480 e. The SMILES string of the molecule is O=C(O)CNCc1cn(Cc2cccc(OC(F)(F)F)c2)nn1. The van der Waals surface area contributed by atoms with Crippen LogP contribution in [-0.4, -0.2) is 39.0 Å². The fraction of sp³-hybridized carbons (Fsp3) is 0.308. The number of rotatable bonds is 7. The molecule has 0 bridgehead atoms. The third kappa shape index (κ3) is 5.94. The Balaban J connectivity index is 1.95. The number of ether oxygens (including phenoxy) is 1. The molecular formula is C13H13F3N4O3. The van der Waals surface area contributed by atoms with Gasteiger partial charge in [0.05, 0.1) is 25.0 Å². The highest BCUT2D eigenvalue weighted by Gasteiger charge is 2.31. The molecule has 2 aromatic rings. The summed E-state index contributed by atoms with van der Waals surface area (Å²) in [5, 5.41) is 18.8. The van der Waals surface area contributed by atoms with E-state index < -0.39 is 12.3 Å². The summed E-state index contributed by atoms with van der Waals surface area (Å²) < 4.78 is 41.8. The van der Waals surface area contributed by atoms with Crippen molar-refractivity contribution in [3.8, 4) is 5.75 Å². The Morgan fingerprint density at radius 1 is 1.39 bits per heavy atom. The van der Waals surface area contributed by atoms with Crippen molar-refractivity contribution in [3.05, 3.63) is 41.7 Å². The van der Waals surface area contributed by atoms with Crippen molar-refractivity contribution in [2.75, 3.05) is 6.54 Å². The summed E-state index contributed by atoms with van der Waals surface area (Å²) in [5.74, 6) is -1.29. The zero-order valence-electron chi connectivity index (χ0n) is 11.7. The monoisotopic (exact) mass is 330 g/mol. The number of aromatic nitrogens is 3. The molecule has 23 heavy (non-hydrogen) atoms. The molecule has 0 aliphatic heterocycles. The third-order valence-corrected chi connectivity index (χ3v) is 2.65. The van der Waals surface area contributed by atoms with Crippen LogP contribution in [0.15, 0.2) is 30.5 Å². The van der Waals surface area contributed by atoms with Crippen LogP contribution in [0.5, 0.6) is 5.75 Å². The summed E-state index contributed by atoms with van der Waals surface area (Å²) in [5.41, 5.74) is 1.08. The fourth-order valence-electron chi connectivity index (χ4n) is 1.82. The molecule has 0 unspecified atom stereocenters. The molecule has 1 aromatic heterocycles. The highest BCUT2D eigenvalue weighted by Crippen LogP contribution is 2.23. The summed E-state index contributed by atoms with van der Waals surface area (Å²) in [6, 6.07) is 5.55. The van der Waals surface area contributed by atoms with Crippen molar-refractivity contribution < 1.29 is 27.8 Å². The molecule has 0 amide bonds. The molecule has 1 heterocycles. The number of carbonyl (C=O) groups is 1. The van der Waals surface area contributed by atoms with E-state index in [1.807, 2.05) is 0 Å².